The minimum Gasteiger partial charge on any atom is -0.389 e. The summed E-state index contributed by atoms with van der Waals surface area (Å²) in [5.41, 5.74) is 2.01. The van der Waals surface area contributed by atoms with Crippen LogP contribution in [0.4, 0.5) is 0 Å². The van der Waals surface area contributed by atoms with Crippen molar-refractivity contribution in [3.63, 3.8) is 0 Å². The summed E-state index contributed by atoms with van der Waals surface area (Å²) in [6.07, 6.45) is 6.21. The number of aryl methyl sites for hydroxylation is 1. The quantitative estimate of drug-likeness (QED) is 0.692. The van der Waals surface area contributed by atoms with Gasteiger partial charge < -0.3 is 5.11 Å². The van der Waals surface area contributed by atoms with Crippen LogP contribution in [-0.2, 0) is 7.05 Å². The molecule has 1 aromatic rings. The van der Waals surface area contributed by atoms with Gasteiger partial charge in [0.1, 0.15) is 5.69 Å². The standard InChI is InChI=1S/C9H13N3O/c1-12-10-6-9(11-12)7-3-2-4-8(13)5-7/h5-6,8,13H,2-4H2,1H3. The maximum Gasteiger partial charge on any atom is 0.108 e. The van der Waals surface area contributed by atoms with Gasteiger partial charge in [-0.2, -0.15) is 15.0 Å². The second-order valence-electron chi connectivity index (χ2n) is 3.37. The van der Waals surface area contributed by atoms with Crippen LogP contribution in [-0.4, -0.2) is 26.2 Å². The first-order valence-electron chi connectivity index (χ1n) is 4.51. The molecule has 1 atom stereocenters. The predicted molar refractivity (Wildman–Crippen MR) is 48.8 cm³/mol. The van der Waals surface area contributed by atoms with E-state index in [9.17, 15) is 5.11 Å². The Morgan fingerprint density at radius 1 is 1.62 bits per heavy atom. The molecule has 0 saturated carbocycles. The molecule has 1 heterocycles. The molecule has 2 rings (SSSR count). The van der Waals surface area contributed by atoms with Crippen molar-refractivity contribution in [3.8, 4) is 0 Å². The first-order valence-corrected chi connectivity index (χ1v) is 4.51. The molecule has 70 valence electrons. The third-order valence-corrected chi connectivity index (χ3v) is 2.27. The molecule has 0 aliphatic heterocycles. The monoisotopic (exact) mass is 179 g/mol. The van der Waals surface area contributed by atoms with Crippen LogP contribution in [0.2, 0.25) is 0 Å². The van der Waals surface area contributed by atoms with Crippen LogP contribution in [0.15, 0.2) is 12.3 Å². The van der Waals surface area contributed by atoms with Gasteiger partial charge in [0.05, 0.1) is 12.3 Å². The summed E-state index contributed by atoms with van der Waals surface area (Å²) in [5.74, 6) is 0. The minimum atomic E-state index is -0.300. The van der Waals surface area contributed by atoms with E-state index in [0.29, 0.717) is 0 Å². The average molecular weight is 179 g/mol. The maximum atomic E-state index is 9.42. The number of rotatable bonds is 1. The third-order valence-electron chi connectivity index (χ3n) is 2.27. The lowest BCUT2D eigenvalue weighted by Crippen LogP contribution is -2.08. The van der Waals surface area contributed by atoms with Gasteiger partial charge >= 0.3 is 0 Å². The average Bonchev–Trinajstić information content (AvgIpc) is 2.52. The second kappa shape index (κ2) is 3.30. The smallest absolute Gasteiger partial charge is 0.108 e. The molecule has 0 spiro atoms. The Kier molecular flexibility index (Phi) is 2.14. The Balaban J connectivity index is 2.25. The number of aliphatic hydroxyl groups is 1. The van der Waals surface area contributed by atoms with E-state index < -0.39 is 0 Å². The Labute approximate surface area is 76.9 Å². The third kappa shape index (κ3) is 1.78. The van der Waals surface area contributed by atoms with Crippen molar-refractivity contribution in [1.82, 2.24) is 15.0 Å². The summed E-state index contributed by atoms with van der Waals surface area (Å²) < 4.78 is 0. The van der Waals surface area contributed by atoms with E-state index in [-0.39, 0.29) is 6.10 Å². The molecule has 1 aliphatic carbocycles. The number of nitrogens with zero attached hydrogens (tertiary/aromatic N) is 3. The van der Waals surface area contributed by atoms with E-state index in [1.165, 1.54) is 4.80 Å². The van der Waals surface area contributed by atoms with Crippen LogP contribution in [0.3, 0.4) is 0 Å². The minimum absolute atomic E-state index is 0.300. The summed E-state index contributed by atoms with van der Waals surface area (Å²) in [5, 5.41) is 17.6. The summed E-state index contributed by atoms with van der Waals surface area (Å²) in [6, 6.07) is 0. The fourth-order valence-electron chi connectivity index (χ4n) is 1.61. The first-order chi connectivity index (χ1) is 6.25. The van der Waals surface area contributed by atoms with Gasteiger partial charge in [-0.3, -0.25) is 0 Å². The van der Waals surface area contributed by atoms with Crippen molar-refractivity contribution in [2.75, 3.05) is 0 Å². The molecule has 4 nitrogen and oxygen atoms in total. The van der Waals surface area contributed by atoms with Crippen LogP contribution in [0.25, 0.3) is 5.57 Å². The number of aromatic nitrogens is 3. The molecule has 1 unspecified atom stereocenters. The van der Waals surface area contributed by atoms with Crippen LogP contribution >= 0.6 is 0 Å². The molecule has 0 amide bonds. The summed E-state index contributed by atoms with van der Waals surface area (Å²) >= 11 is 0. The Morgan fingerprint density at radius 2 is 2.46 bits per heavy atom. The van der Waals surface area contributed by atoms with Crippen LogP contribution in [0, 0.1) is 0 Å². The highest BCUT2D eigenvalue weighted by Gasteiger charge is 2.13. The van der Waals surface area contributed by atoms with Gasteiger partial charge in [0.15, 0.2) is 0 Å². The van der Waals surface area contributed by atoms with E-state index in [1.807, 2.05) is 6.08 Å². The highest BCUT2D eigenvalue weighted by atomic mass is 16.3. The first kappa shape index (κ1) is 8.44. The van der Waals surface area contributed by atoms with Crippen molar-refractivity contribution in [3.05, 3.63) is 18.0 Å². The molecule has 1 aromatic heterocycles. The zero-order valence-corrected chi connectivity index (χ0v) is 7.64. The lowest BCUT2D eigenvalue weighted by molar-refractivity contribution is 0.206. The van der Waals surface area contributed by atoms with E-state index >= 15 is 0 Å². The highest BCUT2D eigenvalue weighted by Crippen LogP contribution is 2.24. The van der Waals surface area contributed by atoms with Crippen molar-refractivity contribution in [2.45, 2.75) is 25.4 Å². The van der Waals surface area contributed by atoms with Gasteiger partial charge in [-0.15, -0.1) is 0 Å². The molecule has 1 aliphatic rings. The van der Waals surface area contributed by atoms with Crippen molar-refractivity contribution < 1.29 is 5.11 Å². The Hall–Kier alpha value is -1.16. The largest absolute Gasteiger partial charge is 0.389 e. The summed E-state index contributed by atoms with van der Waals surface area (Å²) in [7, 11) is 1.79. The van der Waals surface area contributed by atoms with Crippen LogP contribution in [0.5, 0.6) is 0 Å². The molecular weight excluding hydrogens is 166 g/mol. The van der Waals surface area contributed by atoms with Crippen molar-refractivity contribution >= 4 is 5.57 Å². The zero-order valence-electron chi connectivity index (χ0n) is 7.64. The second-order valence-corrected chi connectivity index (χ2v) is 3.37. The van der Waals surface area contributed by atoms with E-state index in [4.69, 9.17) is 0 Å². The van der Waals surface area contributed by atoms with Gasteiger partial charge in [-0.1, -0.05) is 6.08 Å². The normalized spacial score (nSPS) is 22.9. The maximum absolute atomic E-state index is 9.42. The van der Waals surface area contributed by atoms with Gasteiger partial charge in [0.2, 0.25) is 0 Å². The van der Waals surface area contributed by atoms with Crippen LogP contribution in [0.1, 0.15) is 25.0 Å². The molecule has 0 fully saturated rings. The predicted octanol–water partition coefficient (Wildman–Crippen LogP) is 0.743. The summed E-state index contributed by atoms with van der Waals surface area (Å²) in [4.78, 5) is 1.54. The molecule has 0 aromatic carbocycles. The number of allylic oxidation sites excluding steroid dienone is 1. The van der Waals surface area contributed by atoms with Gasteiger partial charge in [-0.25, -0.2) is 0 Å². The molecule has 0 saturated heterocycles. The molecule has 13 heavy (non-hydrogen) atoms. The van der Waals surface area contributed by atoms with Gasteiger partial charge in [0.25, 0.3) is 0 Å². The molecule has 0 bridgehead atoms. The fraction of sp³-hybridized carbons (Fsp3) is 0.556. The molecule has 4 heteroatoms. The Morgan fingerprint density at radius 3 is 3.08 bits per heavy atom. The van der Waals surface area contributed by atoms with Crippen molar-refractivity contribution in [1.29, 1.82) is 0 Å². The highest BCUT2D eigenvalue weighted by molar-refractivity contribution is 5.62. The number of aliphatic hydroxyl groups excluding tert-OH is 1. The van der Waals surface area contributed by atoms with E-state index in [0.717, 1.165) is 30.5 Å². The molecule has 1 N–H and O–H groups in total. The topological polar surface area (TPSA) is 50.9 Å². The van der Waals surface area contributed by atoms with Gasteiger partial charge in [-0.05, 0) is 24.8 Å². The number of hydrogen-bond donors (Lipinski definition) is 1. The molecular formula is C9H13N3O. The molecule has 0 radical (unpaired) electrons. The van der Waals surface area contributed by atoms with Crippen molar-refractivity contribution in [2.24, 2.45) is 7.05 Å². The van der Waals surface area contributed by atoms with Gasteiger partial charge in [0, 0.05) is 7.05 Å². The van der Waals surface area contributed by atoms with E-state index in [2.05, 4.69) is 10.2 Å². The number of hydrogen-bond acceptors (Lipinski definition) is 3. The van der Waals surface area contributed by atoms with Crippen LogP contribution < -0.4 is 0 Å². The zero-order chi connectivity index (χ0) is 9.26. The van der Waals surface area contributed by atoms with E-state index in [1.54, 1.807) is 13.2 Å². The fourth-order valence-corrected chi connectivity index (χ4v) is 1.61. The lowest BCUT2D eigenvalue weighted by atomic mass is 9.96. The summed E-state index contributed by atoms with van der Waals surface area (Å²) in [6.45, 7) is 0. The Bertz CT molecular complexity index is 329. The SMILES string of the molecule is Cn1ncc(C2=CC(O)CCC2)n1. The lowest BCUT2D eigenvalue weighted by Gasteiger charge is -2.14.